The van der Waals surface area contributed by atoms with Gasteiger partial charge in [-0.15, -0.1) is 23.7 Å². The van der Waals surface area contributed by atoms with Gasteiger partial charge in [-0.25, -0.2) is 9.97 Å². The second-order valence-corrected chi connectivity index (χ2v) is 11.1. The molecule has 1 fully saturated rings. The third-order valence-corrected chi connectivity index (χ3v) is 7.89. The van der Waals surface area contributed by atoms with Gasteiger partial charge in [0.15, 0.2) is 5.01 Å². The largest absolute Gasteiger partial charge is 0.349 e. The highest BCUT2D eigenvalue weighted by molar-refractivity contribution is 7.13. The van der Waals surface area contributed by atoms with Crippen molar-refractivity contribution in [3.8, 4) is 0 Å². The van der Waals surface area contributed by atoms with Crippen LogP contribution in [0.1, 0.15) is 39.6 Å². The molecule has 2 aliphatic rings. The van der Waals surface area contributed by atoms with E-state index >= 15 is 0 Å². The molecule has 11 nitrogen and oxygen atoms in total. The maximum absolute atomic E-state index is 13.2. The first kappa shape index (κ1) is 29.8. The molecule has 38 heavy (non-hydrogen) atoms. The molecule has 3 atom stereocenters. The first-order valence-corrected chi connectivity index (χ1v) is 13.2. The first-order chi connectivity index (χ1) is 17.6. The molecule has 3 heterocycles. The van der Waals surface area contributed by atoms with Crippen LogP contribution in [-0.4, -0.2) is 83.2 Å². The number of hydrogen-bond donors (Lipinski definition) is 3. The molecule has 4 amide bonds. The SMILES string of the molecule is CN1CCc2nc(C(=O)N[C@@H]3C[C@@H](C(=O)N(C)C)CC[C@@H]3NC(=O)C(=O)Nc3ccc(Cl)nc3)sc2C1.Cl. The number of pyridine rings is 1. The van der Waals surface area contributed by atoms with Gasteiger partial charge in [0.2, 0.25) is 5.91 Å². The molecular weight excluding hydrogens is 553 g/mol. The number of carbonyl (C=O) groups is 4. The summed E-state index contributed by atoms with van der Waals surface area (Å²) in [5.74, 6) is -2.40. The van der Waals surface area contributed by atoms with Crippen LogP contribution in [0.4, 0.5) is 5.69 Å². The number of nitrogens with zero attached hydrogens (tertiary/aromatic N) is 4. The second kappa shape index (κ2) is 12.8. The monoisotopic (exact) mass is 583 g/mol. The third-order valence-electron chi connectivity index (χ3n) is 6.58. The number of hydrogen-bond acceptors (Lipinski definition) is 8. The molecule has 1 aliphatic heterocycles. The van der Waals surface area contributed by atoms with E-state index in [-0.39, 0.29) is 35.3 Å². The number of carbonyl (C=O) groups excluding carboxylic acids is 4. The van der Waals surface area contributed by atoms with E-state index in [1.165, 1.54) is 34.6 Å². The Hall–Kier alpha value is -2.80. The van der Waals surface area contributed by atoms with E-state index in [1.807, 2.05) is 7.05 Å². The Labute approximate surface area is 236 Å². The van der Waals surface area contributed by atoms with Gasteiger partial charge in [-0.2, -0.15) is 0 Å². The molecule has 0 unspecified atom stereocenters. The molecule has 0 spiro atoms. The van der Waals surface area contributed by atoms with Gasteiger partial charge in [0.25, 0.3) is 5.91 Å². The van der Waals surface area contributed by atoms with Crippen LogP contribution in [0.2, 0.25) is 5.15 Å². The minimum atomic E-state index is -0.864. The average Bonchev–Trinajstić information content (AvgIpc) is 3.29. The van der Waals surface area contributed by atoms with E-state index in [1.54, 1.807) is 14.1 Å². The first-order valence-electron chi connectivity index (χ1n) is 12.0. The van der Waals surface area contributed by atoms with E-state index in [0.29, 0.717) is 30.0 Å². The number of nitrogens with one attached hydrogen (secondary N) is 3. The molecular formula is C24H31Cl2N7O4S. The Kier molecular flexibility index (Phi) is 10.0. The predicted molar refractivity (Wildman–Crippen MR) is 146 cm³/mol. The minimum Gasteiger partial charge on any atom is -0.349 e. The van der Waals surface area contributed by atoms with Gasteiger partial charge in [0, 0.05) is 50.4 Å². The molecule has 206 valence electrons. The summed E-state index contributed by atoms with van der Waals surface area (Å²) in [4.78, 5) is 64.2. The van der Waals surface area contributed by atoms with E-state index in [0.717, 1.165) is 30.1 Å². The lowest BCUT2D eigenvalue weighted by atomic mass is 9.81. The van der Waals surface area contributed by atoms with Gasteiger partial charge in [0.1, 0.15) is 5.15 Å². The minimum absolute atomic E-state index is 0. The van der Waals surface area contributed by atoms with Crippen molar-refractivity contribution in [1.82, 2.24) is 30.4 Å². The lowest BCUT2D eigenvalue weighted by molar-refractivity contribution is -0.137. The summed E-state index contributed by atoms with van der Waals surface area (Å²) in [7, 11) is 5.41. The van der Waals surface area contributed by atoms with Crippen molar-refractivity contribution in [2.24, 2.45) is 5.92 Å². The molecule has 0 bridgehead atoms. The zero-order chi connectivity index (χ0) is 26.7. The number of anilines is 1. The zero-order valence-corrected chi connectivity index (χ0v) is 23.7. The van der Waals surface area contributed by atoms with Crippen LogP contribution in [-0.2, 0) is 27.3 Å². The van der Waals surface area contributed by atoms with Crippen LogP contribution in [0.15, 0.2) is 18.3 Å². The van der Waals surface area contributed by atoms with Crippen molar-refractivity contribution >= 4 is 64.7 Å². The van der Waals surface area contributed by atoms with Crippen LogP contribution < -0.4 is 16.0 Å². The van der Waals surface area contributed by atoms with Gasteiger partial charge >= 0.3 is 11.8 Å². The van der Waals surface area contributed by atoms with Crippen molar-refractivity contribution in [3.63, 3.8) is 0 Å². The summed E-state index contributed by atoms with van der Waals surface area (Å²) in [5, 5.41) is 8.83. The average molecular weight is 585 g/mol. The Morgan fingerprint density at radius 2 is 1.87 bits per heavy atom. The van der Waals surface area contributed by atoms with Crippen LogP contribution in [0.25, 0.3) is 0 Å². The van der Waals surface area contributed by atoms with Crippen molar-refractivity contribution < 1.29 is 19.2 Å². The van der Waals surface area contributed by atoms with Crippen molar-refractivity contribution in [2.75, 3.05) is 33.0 Å². The number of thiazole rings is 1. The number of rotatable bonds is 5. The summed E-state index contributed by atoms with van der Waals surface area (Å²) in [6.07, 6.45) is 3.42. The Morgan fingerprint density at radius 1 is 1.11 bits per heavy atom. The number of amides is 4. The van der Waals surface area contributed by atoms with Gasteiger partial charge in [0.05, 0.1) is 23.6 Å². The second-order valence-electron chi connectivity index (χ2n) is 9.60. The van der Waals surface area contributed by atoms with Crippen molar-refractivity contribution in [3.05, 3.63) is 39.1 Å². The van der Waals surface area contributed by atoms with Gasteiger partial charge in [-0.1, -0.05) is 11.6 Å². The van der Waals surface area contributed by atoms with E-state index < -0.39 is 23.9 Å². The fraction of sp³-hybridized carbons (Fsp3) is 0.500. The maximum atomic E-state index is 13.2. The van der Waals surface area contributed by atoms with Gasteiger partial charge < -0.3 is 25.8 Å². The Bertz CT molecular complexity index is 1190. The highest BCUT2D eigenvalue weighted by Crippen LogP contribution is 2.28. The van der Waals surface area contributed by atoms with Crippen molar-refractivity contribution in [2.45, 2.75) is 44.3 Å². The topological polar surface area (TPSA) is 137 Å². The number of likely N-dealkylation sites (N-methyl/N-ethyl adjacent to an activating group) is 1. The summed E-state index contributed by atoms with van der Waals surface area (Å²) in [6.45, 7) is 1.64. The molecule has 4 rings (SSSR count). The van der Waals surface area contributed by atoms with Crippen LogP contribution in [0, 0.1) is 5.92 Å². The van der Waals surface area contributed by atoms with Crippen LogP contribution in [0.3, 0.4) is 0 Å². The van der Waals surface area contributed by atoms with E-state index in [2.05, 4.69) is 30.8 Å². The fourth-order valence-electron chi connectivity index (χ4n) is 4.61. The lowest BCUT2D eigenvalue weighted by Gasteiger charge is -2.37. The Morgan fingerprint density at radius 3 is 2.55 bits per heavy atom. The maximum Gasteiger partial charge on any atom is 0.313 e. The standard InChI is InChI=1S/C24H30ClN7O4S.ClH/c1-31(2)24(36)13-4-6-15(28-21(34)20(33)27-14-5-7-19(25)26-11-14)17(10-13)29-22(35)23-30-16-8-9-32(3)12-18(16)37-23;/h5,7,11,13,15,17H,4,6,8-10,12H2,1-3H3,(H,27,33)(H,28,34)(H,29,35);1H/t13-,15-,17+;/m0./s1. The molecule has 1 aliphatic carbocycles. The van der Waals surface area contributed by atoms with Crippen LogP contribution in [0.5, 0.6) is 0 Å². The molecule has 0 saturated heterocycles. The normalized spacial score (nSPS) is 20.9. The molecule has 2 aromatic rings. The predicted octanol–water partition coefficient (Wildman–Crippen LogP) is 1.71. The highest BCUT2D eigenvalue weighted by Gasteiger charge is 2.37. The fourth-order valence-corrected chi connectivity index (χ4v) is 5.82. The smallest absolute Gasteiger partial charge is 0.313 e. The molecule has 0 aromatic carbocycles. The van der Waals surface area contributed by atoms with Gasteiger partial charge in [-0.3, -0.25) is 19.2 Å². The van der Waals surface area contributed by atoms with Gasteiger partial charge in [-0.05, 0) is 38.4 Å². The molecule has 0 radical (unpaired) electrons. The van der Waals surface area contributed by atoms with E-state index in [9.17, 15) is 19.2 Å². The lowest BCUT2D eigenvalue weighted by Crippen LogP contribution is -2.57. The number of fused-ring (bicyclic) bond motifs is 1. The summed E-state index contributed by atoms with van der Waals surface area (Å²) in [5.41, 5.74) is 1.27. The molecule has 2 aromatic heterocycles. The quantitative estimate of drug-likeness (QED) is 0.360. The summed E-state index contributed by atoms with van der Waals surface area (Å²) < 4.78 is 0. The molecule has 1 saturated carbocycles. The third kappa shape index (κ3) is 7.19. The van der Waals surface area contributed by atoms with E-state index in [4.69, 9.17) is 11.6 Å². The zero-order valence-electron chi connectivity index (χ0n) is 21.3. The number of aromatic nitrogens is 2. The number of halogens is 2. The van der Waals surface area contributed by atoms with Crippen LogP contribution >= 0.6 is 35.3 Å². The van der Waals surface area contributed by atoms with Crippen molar-refractivity contribution in [1.29, 1.82) is 0 Å². The molecule has 14 heteroatoms. The summed E-state index contributed by atoms with van der Waals surface area (Å²) in [6, 6.07) is 1.95. The highest BCUT2D eigenvalue weighted by atomic mass is 35.5. The Balaban J connectivity index is 0.00000400. The molecule has 3 N–H and O–H groups in total. The summed E-state index contributed by atoms with van der Waals surface area (Å²) >= 11 is 7.12.